The van der Waals surface area contributed by atoms with Gasteiger partial charge in [0.1, 0.15) is 0 Å². The van der Waals surface area contributed by atoms with Crippen molar-refractivity contribution in [2.24, 2.45) is 0 Å². The van der Waals surface area contributed by atoms with E-state index >= 15 is 0 Å². The lowest BCUT2D eigenvalue weighted by molar-refractivity contribution is 0.0600. The lowest BCUT2D eigenvalue weighted by Crippen LogP contribution is -2.25. The third kappa shape index (κ3) is 5.93. The van der Waals surface area contributed by atoms with Crippen molar-refractivity contribution >= 4 is 23.5 Å². The van der Waals surface area contributed by atoms with Crippen LogP contribution in [0.2, 0.25) is 0 Å². The Bertz CT molecular complexity index is 802. The first kappa shape index (κ1) is 20.1. The first-order valence-electron chi connectivity index (χ1n) is 8.42. The summed E-state index contributed by atoms with van der Waals surface area (Å²) >= 11 is 0. The van der Waals surface area contributed by atoms with Gasteiger partial charge in [0, 0.05) is 37.1 Å². The minimum absolute atomic E-state index is 0.185. The second-order valence-corrected chi connectivity index (χ2v) is 5.71. The van der Waals surface area contributed by atoms with Crippen LogP contribution in [0.25, 0.3) is 0 Å². The molecule has 7 nitrogen and oxygen atoms in total. The van der Waals surface area contributed by atoms with Crippen molar-refractivity contribution in [3.8, 4) is 0 Å². The van der Waals surface area contributed by atoms with Crippen molar-refractivity contribution in [2.45, 2.75) is 6.42 Å². The summed E-state index contributed by atoms with van der Waals surface area (Å²) < 4.78 is 9.58. The fraction of sp³-hybridized carbons (Fsp3) is 0.250. The van der Waals surface area contributed by atoms with Crippen molar-refractivity contribution in [3.63, 3.8) is 0 Å². The maximum Gasteiger partial charge on any atom is 0.337 e. The summed E-state index contributed by atoms with van der Waals surface area (Å²) in [4.78, 5) is 35.9. The van der Waals surface area contributed by atoms with E-state index in [0.717, 1.165) is 6.42 Å². The zero-order valence-electron chi connectivity index (χ0n) is 15.3. The number of hydrogen-bond acceptors (Lipinski definition) is 5. The van der Waals surface area contributed by atoms with E-state index in [4.69, 9.17) is 4.74 Å². The third-order valence-electron chi connectivity index (χ3n) is 3.76. The number of ether oxygens (including phenoxy) is 2. The summed E-state index contributed by atoms with van der Waals surface area (Å²) in [6, 6.07) is 12.8. The maximum absolute atomic E-state index is 12.3. The normalized spacial score (nSPS) is 10.1. The number of carbonyl (C=O) groups excluding carboxylic acids is 3. The van der Waals surface area contributed by atoms with Crippen LogP contribution in [-0.4, -0.2) is 45.2 Å². The van der Waals surface area contributed by atoms with E-state index in [1.807, 2.05) is 0 Å². The molecule has 142 valence electrons. The van der Waals surface area contributed by atoms with Gasteiger partial charge in [-0.1, -0.05) is 6.07 Å². The molecule has 0 unspecified atom stereocenters. The molecule has 2 rings (SSSR count). The van der Waals surface area contributed by atoms with Crippen molar-refractivity contribution < 1.29 is 23.9 Å². The average molecular weight is 370 g/mol. The van der Waals surface area contributed by atoms with E-state index in [9.17, 15) is 14.4 Å². The fourth-order valence-corrected chi connectivity index (χ4v) is 2.33. The van der Waals surface area contributed by atoms with Crippen molar-refractivity contribution in [2.75, 3.05) is 32.7 Å². The molecule has 0 bridgehead atoms. The first-order chi connectivity index (χ1) is 13.0. The molecule has 0 radical (unpaired) electrons. The van der Waals surface area contributed by atoms with Gasteiger partial charge in [-0.15, -0.1) is 0 Å². The molecular formula is C20H22N2O5. The summed E-state index contributed by atoms with van der Waals surface area (Å²) in [6.45, 7) is 1.12. The highest BCUT2D eigenvalue weighted by Crippen LogP contribution is 2.13. The van der Waals surface area contributed by atoms with Crippen molar-refractivity contribution in [3.05, 3.63) is 65.2 Å². The molecule has 0 saturated heterocycles. The highest BCUT2D eigenvalue weighted by atomic mass is 16.5. The predicted molar refractivity (Wildman–Crippen MR) is 101 cm³/mol. The predicted octanol–water partition coefficient (Wildman–Crippen LogP) is 2.49. The molecule has 2 aromatic carbocycles. The number of nitrogens with one attached hydrogen (secondary N) is 2. The number of amides is 2. The van der Waals surface area contributed by atoms with Gasteiger partial charge in [-0.2, -0.15) is 0 Å². The molecule has 0 spiro atoms. The van der Waals surface area contributed by atoms with Gasteiger partial charge in [0.25, 0.3) is 11.8 Å². The van der Waals surface area contributed by atoms with Crippen LogP contribution < -0.4 is 10.6 Å². The van der Waals surface area contributed by atoms with Crippen LogP contribution in [0, 0.1) is 0 Å². The zero-order chi connectivity index (χ0) is 19.6. The standard InChI is InChI=1S/C20H22N2O5/c1-26-12-4-11-21-18(23)14-7-9-17(10-8-14)22-19(24)15-5-3-6-16(13-15)20(25)27-2/h3,5-10,13H,4,11-12H2,1-2H3,(H,21,23)(H,22,24). The van der Waals surface area contributed by atoms with E-state index in [0.29, 0.717) is 35.5 Å². The average Bonchev–Trinajstić information content (AvgIpc) is 2.71. The summed E-state index contributed by atoms with van der Waals surface area (Å²) in [5.74, 6) is -1.06. The molecular weight excluding hydrogens is 348 g/mol. The number of rotatable bonds is 8. The Labute approximate surface area is 157 Å². The molecule has 27 heavy (non-hydrogen) atoms. The largest absolute Gasteiger partial charge is 0.465 e. The summed E-state index contributed by atoms with van der Waals surface area (Å²) in [5, 5.41) is 5.52. The number of anilines is 1. The molecule has 0 aliphatic rings. The van der Waals surface area contributed by atoms with Gasteiger partial charge in [-0.05, 0) is 48.9 Å². The van der Waals surface area contributed by atoms with Crippen LogP contribution in [0.3, 0.4) is 0 Å². The van der Waals surface area contributed by atoms with Crippen molar-refractivity contribution in [1.82, 2.24) is 5.32 Å². The summed E-state index contributed by atoms with van der Waals surface area (Å²) in [5.41, 5.74) is 1.67. The SMILES string of the molecule is COCCCNC(=O)c1ccc(NC(=O)c2cccc(C(=O)OC)c2)cc1. The third-order valence-corrected chi connectivity index (χ3v) is 3.76. The Morgan fingerprint density at radius 3 is 2.26 bits per heavy atom. The Hall–Kier alpha value is -3.19. The van der Waals surface area contributed by atoms with Crippen LogP contribution in [-0.2, 0) is 9.47 Å². The van der Waals surface area contributed by atoms with Gasteiger partial charge >= 0.3 is 5.97 Å². The lowest BCUT2D eigenvalue weighted by atomic mass is 10.1. The Morgan fingerprint density at radius 2 is 1.59 bits per heavy atom. The van der Waals surface area contributed by atoms with Crippen LogP contribution in [0.15, 0.2) is 48.5 Å². The van der Waals surface area contributed by atoms with Gasteiger partial charge in [0.15, 0.2) is 0 Å². The minimum atomic E-state index is -0.509. The number of hydrogen-bond donors (Lipinski definition) is 2. The highest BCUT2D eigenvalue weighted by molar-refractivity contribution is 6.06. The lowest BCUT2D eigenvalue weighted by Gasteiger charge is -2.08. The second-order valence-electron chi connectivity index (χ2n) is 5.71. The number of esters is 1. The highest BCUT2D eigenvalue weighted by Gasteiger charge is 2.11. The molecule has 0 atom stereocenters. The van der Waals surface area contributed by atoms with Gasteiger partial charge in [0.2, 0.25) is 0 Å². The number of methoxy groups -OCH3 is 2. The topological polar surface area (TPSA) is 93.7 Å². The van der Waals surface area contributed by atoms with E-state index < -0.39 is 5.97 Å². The molecule has 0 heterocycles. The van der Waals surface area contributed by atoms with Gasteiger partial charge in [-0.25, -0.2) is 4.79 Å². The summed E-state index contributed by atoms with van der Waals surface area (Å²) in [7, 11) is 2.89. The Balaban J connectivity index is 1.97. The Morgan fingerprint density at radius 1 is 0.889 bits per heavy atom. The molecule has 0 aliphatic carbocycles. The van der Waals surface area contributed by atoms with Gasteiger partial charge < -0.3 is 20.1 Å². The molecule has 2 aromatic rings. The zero-order valence-corrected chi connectivity index (χ0v) is 15.3. The van der Waals surface area contributed by atoms with Gasteiger partial charge in [-0.3, -0.25) is 9.59 Å². The van der Waals surface area contributed by atoms with Gasteiger partial charge in [0.05, 0.1) is 12.7 Å². The Kier molecular flexibility index (Phi) is 7.51. The van der Waals surface area contributed by atoms with E-state index in [1.165, 1.54) is 13.2 Å². The monoisotopic (exact) mass is 370 g/mol. The molecule has 0 saturated carbocycles. The van der Waals surface area contributed by atoms with E-state index in [1.54, 1.807) is 49.6 Å². The van der Waals surface area contributed by atoms with Crippen LogP contribution in [0.4, 0.5) is 5.69 Å². The summed E-state index contributed by atoms with van der Waals surface area (Å²) in [6.07, 6.45) is 0.737. The van der Waals surface area contributed by atoms with Crippen LogP contribution >= 0.6 is 0 Å². The smallest absolute Gasteiger partial charge is 0.337 e. The molecule has 0 aliphatic heterocycles. The van der Waals surface area contributed by atoms with Crippen LogP contribution in [0.1, 0.15) is 37.5 Å². The second kappa shape index (κ2) is 10.1. The maximum atomic E-state index is 12.3. The van der Waals surface area contributed by atoms with E-state index in [-0.39, 0.29) is 11.8 Å². The molecule has 7 heteroatoms. The van der Waals surface area contributed by atoms with Crippen LogP contribution in [0.5, 0.6) is 0 Å². The quantitative estimate of drug-likeness (QED) is 0.550. The first-order valence-corrected chi connectivity index (χ1v) is 8.42. The van der Waals surface area contributed by atoms with Crippen molar-refractivity contribution in [1.29, 1.82) is 0 Å². The fourth-order valence-electron chi connectivity index (χ4n) is 2.33. The number of carbonyl (C=O) groups is 3. The van der Waals surface area contributed by atoms with E-state index in [2.05, 4.69) is 15.4 Å². The number of benzene rings is 2. The minimum Gasteiger partial charge on any atom is -0.465 e. The molecule has 0 aromatic heterocycles. The molecule has 2 N–H and O–H groups in total. The molecule has 2 amide bonds. The molecule has 0 fully saturated rings.